The van der Waals surface area contributed by atoms with Gasteiger partial charge in [0.2, 0.25) is 5.91 Å². The number of aromatic nitrogens is 1. The van der Waals surface area contributed by atoms with E-state index in [1.54, 1.807) is 43.5 Å². The third-order valence-electron chi connectivity index (χ3n) is 7.54. The SMILES string of the molecule is CO[C@@H]1CN(C)C(=O)c2cc(NC(=O)C3CCOCC3)ccc2OC[C@H](C)N(Cc2cccnc2)C[C@H]1C. The second kappa shape index (κ2) is 13.2. The van der Waals surface area contributed by atoms with E-state index in [4.69, 9.17) is 14.2 Å². The number of nitrogens with zero attached hydrogens (tertiary/aromatic N) is 3. The van der Waals surface area contributed by atoms with Crippen LogP contribution in [0.4, 0.5) is 5.69 Å². The van der Waals surface area contributed by atoms with Crippen LogP contribution in [0.5, 0.6) is 5.75 Å². The van der Waals surface area contributed by atoms with Gasteiger partial charge in [0.25, 0.3) is 5.91 Å². The van der Waals surface area contributed by atoms with Crippen molar-refractivity contribution in [3.63, 3.8) is 0 Å². The Labute approximate surface area is 225 Å². The summed E-state index contributed by atoms with van der Waals surface area (Å²) in [6, 6.07) is 9.40. The molecular formula is C29H40N4O5. The van der Waals surface area contributed by atoms with Gasteiger partial charge in [-0.25, -0.2) is 0 Å². The number of fused-ring (bicyclic) bond motifs is 1. The minimum atomic E-state index is -0.170. The van der Waals surface area contributed by atoms with Crippen molar-refractivity contribution in [1.29, 1.82) is 0 Å². The first-order valence-corrected chi connectivity index (χ1v) is 13.4. The lowest BCUT2D eigenvalue weighted by Gasteiger charge is -2.36. The van der Waals surface area contributed by atoms with Crippen LogP contribution in [0.2, 0.25) is 0 Å². The number of hydrogen-bond donors (Lipinski definition) is 1. The molecule has 9 heteroatoms. The molecule has 0 bridgehead atoms. The number of likely N-dealkylation sites (N-methyl/N-ethyl adjacent to an activating group) is 1. The Morgan fingerprint density at radius 1 is 1.18 bits per heavy atom. The summed E-state index contributed by atoms with van der Waals surface area (Å²) < 4.78 is 17.5. The molecule has 3 atom stereocenters. The first-order valence-electron chi connectivity index (χ1n) is 13.4. The molecule has 0 saturated carbocycles. The average Bonchev–Trinajstić information content (AvgIpc) is 2.94. The van der Waals surface area contributed by atoms with Crippen molar-refractivity contribution in [3.05, 3.63) is 53.9 Å². The maximum atomic E-state index is 13.6. The molecular weight excluding hydrogens is 484 g/mol. The zero-order valence-electron chi connectivity index (χ0n) is 22.9. The predicted molar refractivity (Wildman–Crippen MR) is 145 cm³/mol. The third-order valence-corrected chi connectivity index (χ3v) is 7.54. The number of anilines is 1. The zero-order chi connectivity index (χ0) is 27.1. The van der Waals surface area contributed by atoms with Gasteiger partial charge in [0, 0.05) is 77.0 Å². The second-order valence-corrected chi connectivity index (χ2v) is 10.5. The summed E-state index contributed by atoms with van der Waals surface area (Å²) in [5, 5.41) is 2.99. The number of hydrogen-bond acceptors (Lipinski definition) is 7. The van der Waals surface area contributed by atoms with Gasteiger partial charge in [0.15, 0.2) is 0 Å². The molecule has 1 fully saturated rings. The molecule has 1 N–H and O–H groups in total. The molecule has 38 heavy (non-hydrogen) atoms. The third kappa shape index (κ3) is 7.09. The number of rotatable bonds is 5. The summed E-state index contributed by atoms with van der Waals surface area (Å²) in [4.78, 5) is 34.7. The van der Waals surface area contributed by atoms with Crippen LogP contribution in [0.3, 0.4) is 0 Å². The topological polar surface area (TPSA) is 93.2 Å². The van der Waals surface area contributed by atoms with Crippen LogP contribution in [0, 0.1) is 11.8 Å². The van der Waals surface area contributed by atoms with E-state index in [1.165, 1.54) is 0 Å². The van der Waals surface area contributed by atoms with Crippen LogP contribution in [-0.2, 0) is 20.8 Å². The van der Waals surface area contributed by atoms with Crippen molar-refractivity contribution in [1.82, 2.24) is 14.8 Å². The summed E-state index contributed by atoms with van der Waals surface area (Å²) in [5.74, 6) is 0.364. The highest BCUT2D eigenvalue weighted by atomic mass is 16.5. The average molecular weight is 525 g/mol. The molecule has 2 aliphatic rings. The molecule has 206 valence electrons. The van der Waals surface area contributed by atoms with Gasteiger partial charge in [0.05, 0.1) is 11.7 Å². The van der Waals surface area contributed by atoms with Crippen LogP contribution >= 0.6 is 0 Å². The Balaban J connectivity index is 1.59. The predicted octanol–water partition coefficient (Wildman–Crippen LogP) is 3.45. The van der Waals surface area contributed by atoms with E-state index < -0.39 is 0 Å². The van der Waals surface area contributed by atoms with Crippen LogP contribution in [0.25, 0.3) is 0 Å². The lowest BCUT2D eigenvalue weighted by atomic mass is 9.99. The maximum absolute atomic E-state index is 13.6. The van der Waals surface area contributed by atoms with Crippen molar-refractivity contribution in [2.75, 3.05) is 52.4 Å². The number of amides is 2. The summed E-state index contributed by atoms with van der Waals surface area (Å²) >= 11 is 0. The number of carbonyl (C=O) groups excluding carboxylic acids is 2. The van der Waals surface area contributed by atoms with E-state index in [2.05, 4.69) is 35.1 Å². The monoisotopic (exact) mass is 524 g/mol. The fraction of sp³-hybridized carbons (Fsp3) is 0.552. The van der Waals surface area contributed by atoms with Gasteiger partial charge in [-0.15, -0.1) is 0 Å². The normalized spacial score (nSPS) is 24.1. The van der Waals surface area contributed by atoms with Crippen molar-refractivity contribution in [2.24, 2.45) is 11.8 Å². The van der Waals surface area contributed by atoms with Gasteiger partial charge >= 0.3 is 0 Å². The molecule has 0 spiro atoms. The smallest absolute Gasteiger partial charge is 0.257 e. The van der Waals surface area contributed by atoms with Gasteiger partial charge in [-0.2, -0.15) is 0 Å². The highest BCUT2D eigenvalue weighted by Gasteiger charge is 2.29. The van der Waals surface area contributed by atoms with Crippen LogP contribution in [0.15, 0.2) is 42.7 Å². The maximum Gasteiger partial charge on any atom is 0.257 e. The molecule has 9 nitrogen and oxygen atoms in total. The van der Waals surface area contributed by atoms with Gasteiger partial charge in [0.1, 0.15) is 12.4 Å². The molecule has 2 aliphatic heterocycles. The molecule has 0 radical (unpaired) electrons. The molecule has 2 amide bonds. The Morgan fingerprint density at radius 3 is 2.68 bits per heavy atom. The Hall–Kier alpha value is -3.01. The molecule has 4 rings (SSSR count). The van der Waals surface area contributed by atoms with Gasteiger partial charge < -0.3 is 24.4 Å². The number of carbonyl (C=O) groups is 2. The Morgan fingerprint density at radius 2 is 1.97 bits per heavy atom. The Kier molecular flexibility index (Phi) is 9.71. The largest absolute Gasteiger partial charge is 0.491 e. The lowest BCUT2D eigenvalue weighted by Crippen LogP contribution is -2.46. The number of nitrogens with one attached hydrogen (secondary N) is 1. The van der Waals surface area contributed by atoms with Crippen LogP contribution < -0.4 is 10.1 Å². The summed E-state index contributed by atoms with van der Waals surface area (Å²) in [7, 11) is 3.47. The minimum Gasteiger partial charge on any atom is -0.491 e. The summed E-state index contributed by atoms with van der Waals surface area (Å²) in [5.41, 5.74) is 2.14. The number of methoxy groups -OCH3 is 1. The molecule has 3 heterocycles. The molecule has 2 aromatic rings. The molecule has 0 unspecified atom stereocenters. The van der Waals surface area contributed by atoms with Crippen molar-refractivity contribution in [2.45, 2.75) is 45.4 Å². The van der Waals surface area contributed by atoms with Crippen LogP contribution in [0.1, 0.15) is 42.6 Å². The fourth-order valence-electron chi connectivity index (χ4n) is 5.08. The highest BCUT2D eigenvalue weighted by Crippen LogP contribution is 2.27. The fourth-order valence-corrected chi connectivity index (χ4v) is 5.08. The number of pyridine rings is 1. The first kappa shape index (κ1) is 28.0. The van der Waals surface area contributed by atoms with E-state index in [0.717, 1.165) is 18.7 Å². The second-order valence-electron chi connectivity index (χ2n) is 10.5. The first-order chi connectivity index (χ1) is 18.4. The summed E-state index contributed by atoms with van der Waals surface area (Å²) in [6.45, 7) is 7.82. The molecule has 1 aromatic carbocycles. The molecule has 0 aliphatic carbocycles. The van der Waals surface area contributed by atoms with E-state index >= 15 is 0 Å². The van der Waals surface area contributed by atoms with E-state index in [1.807, 2.05) is 12.3 Å². The van der Waals surface area contributed by atoms with Gasteiger partial charge in [-0.1, -0.05) is 13.0 Å². The van der Waals surface area contributed by atoms with Gasteiger partial charge in [-0.05, 0) is 55.5 Å². The van der Waals surface area contributed by atoms with Crippen molar-refractivity contribution < 1.29 is 23.8 Å². The van der Waals surface area contributed by atoms with E-state index in [0.29, 0.717) is 56.2 Å². The van der Waals surface area contributed by atoms with E-state index in [9.17, 15) is 9.59 Å². The number of benzene rings is 1. The van der Waals surface area contributed by atoms with Crippen LogP contribution in [-0.4, -0.2) is 85.8 Å². The number of ether oxygens (including phenoxy) is 3. The Bertz CT molecular complexity index is 1080. The highest BCUT2D eigenvalue weighted by molar-refractivity contribution is 5.99. The lowest BCUT2D eigenvalue weighted by molar-refractivity contribution is -0.122. The standard InChI is InChI=1S/C29H40N4O5/c1-20-16-33(17-22-6-5-11-30-15-22)21(2)19-38-26-8-7-24(31-28(34)23-9-12-37-13-10-23)14-25(26)29(35)32(3)18-27(20)36-4/h5-8,11,14-15,20-21,23,27H,9-10,12-13,16-19H2,1-4H3,(H,31,34)/t20-,21+,27-/m1/s1. The van der Waals surface area contributed by atoms with E-state index in [-0.39, 0.29) is 35.8 Å². The molecule has 1 saturated heterocycles. The van der Waals surface area contributed by atoms with Gasteiger partial charge in [-0.3, -0.25) is 19.5 Å². The zero-order valence-corrected chi connectivity index (χ0v) is 22.9. The minimum absolute atomic E-state index is 0.0453. The molecule has 1 aromatic heterocycles. The summed E-state index contributed by atoms with van der Waals surface area (Å²) in [6.07, 6.45) is 4.92. The van der Waals surface area contributed by atoms with Crippen molar-refractivity contribution in [3.8, 4) is 5.75 Å². The quantitative estimate of drug-likeness (QED) is 0.640. The van der Waals surface area contributed by atoms with Crippen molar-refractivity contribution >= 4 is 17.5 Å².